The Kier molecular flexibility index (Phi) is 3.97. The molecule has 0 saturated heterocycles. The highest BCUT2D eigenvalue weighted by Crippen LogP contribution is 2.29. The van der Waals surface area contributed by atoms with E-state index in [0.29, 0.717) is 0 Å². The van der Waals surface area contributed by atoms with Crippen molar-refractivity contribution in [1.29, 1.82) is 0 Å². The quantitative estimate of drug-likeness (QED) is 0.887. The average molecular weight is 285 g/mol. The molecule has 4 nitrogen and oxygen atoms in total. The molecule has 2 aromatic carbocycles. The Morgan fingerprint density at radius 3 is 3.00 bits per heavy atom. The zero-order chi connectivity index (χ0) is 14.7. The average Bonchev–Trinajstić information content (AvgIpc) is 3.00. The SMILES string of the molecule is COc1cccc(NC(CO)c2ccc3c(c2)CCO3)c1. The highest BCUT2D eigenvalue weighted by molar-refractivity contribution is 5.51. The number of anilines is 1. The molecule has 110 valence electrons. The van der Waals surface area contributed by atoms with Crippen LogP contribution in [0.25, 0.3) is 0 Å². The Balaban J connectivity index is 1.81. The number of ether oxygens (including phenoxy) is 2. The van der Waals surface area contributed by atoms with Crippen LogP contribution in [-0.2, 0) is 6.42 Å². The number of nitrogens with one attached hydrogen (secondary N) is 1. The molecule has 0 aromatic heterocycles. The van der Waals surface area contributed by atoms with E-state index < -0.39 is 0 Å². The third kappa shape index (κ3) is 2.95. The van der Waals surface area contributed by atoms with Crippen LogP contribution in [0.15, 0.2) is 42.5 Å². The van der Waals surface area contributed by atoms with Gasteiger partial charge >= 0.3 is 0 Å². The number of methoxy groups -OCH3 is 1. The summed E-state index contributed by atoms with van der Waals surface area (Å²) in [6, 6.07) is 13.6. The predicted molar refractivity (Wildman–Crippen MR) is 82.1 cm³/mol. The summed E-state index contributed by atoms with van der Waals surface area (Å²) in [5.74, 6) is 1.75. The molecule has 4 heteroatoms. The van der Waals surface area contributed by atoms with Gasteiger partial charge in [0, 0.05) is 18.2 Å². The van der Waals surface area contributed by atoms with Crippen LogP contribution in [0.5, 0.6) is 11.5 Å². The van der Waals surface area contributed by atoms with Gasteiger partial charge in [0.25, 0.3) is 0 Å². The molecule has 1 heterocycles. The van der Waals surface area contributed by atoms with Crippen LogP contribution in [0, 0.1) is 0 Å². The van der Waals surface area contributed by atoms with Crippen LogP contribution >= 0.6 is 0 Å². The Bertz CT molecular complexity index is 627. The van der Waals surface area contributed by atoms with E-state index in [1.54, 1.807) is 7.11 Å². The number of benzene rings is 2. The molecule has 2 N–H and O–H groups in total. The molecule has 0 amide bonds. The standard InChI is InChI=1S/C17H19NO3/c1-20-15-4-2-3-14(10-15)18-16(11-19)12-5-6-17-13(9-12)7-8-21-17/h2-6,9-10,16,18-19H,7-8,11H2,1H3. The lowest BCUT2D eigenvalue weighted by Gasteiger charge is -2.19. The summed E-state index contributed by atoms with van der Waals surface area (Å²) in [5.41, 5.74) is 3.19. The number of fused-ring (bicyclic) bond motifs is 1. The second-order valence-corrected chi connectivity index (χ2v) is 5.08. The molecule has 0 bridgehead atoms. The Labute approximate surface area is 124 Å². The second-order valence-electron chi connectivity index (χ2n) is 5.08. The maximum atomic E-state index is 9.69. The van der Waals surface area contributed by atoms with Crippen LogP contribution < -0.4 is 14.8 Å². The number of aliphatic hydroxyl groups is 1. The van der Waals surface area contributed by atoms with Gasteiger partial charge in [-0.3, -0.25) is 0 Å². The lowest BCUT2D eigenvalue weighted by molar-refractivity contribution is 0.276. The van der Waals surface area contributed by atoms with Crippen LogP contribution in [-0.4, -0.2) is 25.4 Å². The van der Waals surface area contributed by atoms with Crippen LogP contribution in [0.4, 0.5) is 5.69 Å². The molecule has 1 aliphatic rings. The van der Waals surface area contributed by atoms with E-state index >= 15 is 0 Å². The molecule has 3 rings (SSSR count). The first-order valence-electron chi connectivity index (χ1n) is 7.07. The van der Waals surface area contributed by atoms with E-state index in [1.165, 1.54) is 5.56 Å². The molecule has 1 unspecified atom stereocenters. The van der Waals surface area contributed by atoms with E-state index in [9.17, 15) is 5.11 Å². The lowest BCUT2D eigenvalue weighted by Crippen LogP contribution is -2.15. The molecule has 0 saturated carbocycles. The third-order valence-corrected chi connectivity index (χ3v) is 3.71. The van der Waals surface area contributed by atoms with Gasteiger partial charge in [-0.1, -0.05) is 12.1 Å². The summed E-state index contributed by atoms with van der Waals surface area (Å²) in [6.07, 6.45) is 0.931. The van der Waals surface area contributed by atoms with Gasteiger partial charge in [0.2, 0.25) is 0 Å². The fourth-order valence-corrected chi connectivity index (χ4v) is 2.57. The molecule has 0 aliphatic carbocycles. The van der Waals surface area contributed by atoms with Gasteiger partial charge < -0.3 is 19.9 Å². The molecule has 0 fully saturated rings. The summed E-state index contributed by atoms with van der Waals surface area (Å²) >= 11 is 0. The van der Waals surface area contributed by atoms with Gasteiger partial charge in [0.15, 0.2) is 0 Å². The molecule has 0 radical (unpaired) electrons. The van der Waals surface area contributed by atoms with Gasteiger partial charge in [-0.25, -0.2) is 0 Å². The second kappa shape index (κ2) is 6.06. The summed E-state index contributed by atoms with van der Waals surface area (Å²) < 4.78 is 10.7. The largest absolute Gasteiger partial charge is 0.497 e. The maximum absolute atomic E-state index is 9.69. The van der Waals surface area contributed by atoms with Crippen LogP contribution in [0.3, 0.4) is 0 Å². The summed E-state index contributed by atoms with van der Waals surface area (Å²) in [6.45, 7) is 0.767. The predicted octanol–water partition coefficient (Wildman–Crippen LogP) is 2.78. The van der Waals surface area contributed by atoms with Crippen molar-refractivity contribution in [3.8, 4) is 11.5 Å². The topological polar surface area (TPSA) is 50.7 Å². The molecule has 1 atom stereocenters. The fourth-order valence-electron chi connectivity index (χ4n) is 2.57. The first kappa shape index (κ1) is 13.8. The zero-order valence-corrected chi connectivity index (χ0v) is 12.0. The van der Waals surface area contributed by atoms with Gasteiger partial charge in [0.1, 0.15) is 11.5 Å². The number of hydrogen-bond acceptors (Lipinski definition) is 4. The fraction of sp³-hybridized carbons (Fsp3) is 0.294. The van der Waals surface area contributed by atoms with E-state index in [4.69, 9.17) is 9.47 Å². The van der Waals surface area contributed by atoms with E-state index in [2.05, 4.69) is 11.4 Å². The van der Waals surface area contributed by atoms with Crippen molar-refractivity contribution < 1.29 is 14.6 Å². The molecule has 0 spiro atoms. The molecule has 21 heavy (non-hydrogen) atoms. The van der Waals surface area contributed by atoms with Crippen molar-refractivity contribution in [3.05, 3.63) is 53.6 Å². The highest BCUT2D eigenvalue weighted by Gasteiger charge is 2.16. The smallest absolute Gasteiger partial charge is 0.122 e. The molecule has 2 aromatic rings. The van der Waals surface area contributed by atoms with Crippen molar-refractivity contribution in [1.82, 2.24) is 0 Å². The molecular weight excluding hydrogens is 266 g/mol. The third-order valence-electron chi connectivity index (χ3n) is 3.71. The van der Waals surface area contributed by atoms with Gasteiger partial charge in [-0.2, -0.15) is 0 Å². The van der Waals surface area contributed by atoms with Crippen molar-refractivity contribution in [2.24, 2.45) is 0 Å². The minimum Gasteiger partial charge on any atom is -0.497 e. The van der Waals surface area contributed by atoms with Gasteiger partial charge in [-0.05, 0) is 35.4 Å². The van der Waals surface area contributed by atoms with Crippen LogP contribution in [0.1, 0.15) is 17.2 Å². The summed E-state index contributed by atoms with van der Waals surface area (Å²) in [5, 5.41) is 13.0. The minimum atomic E-state index is -0.150. The van der Waals surface area contributed by atoms with E-state index in [0.717, 1.165) is 35.8 Å². The minimum absolute atomic E-state index is 0.0247. The summed E-state index contributed by atoms with van der Waals surface area (Å²) in [7, 11) is 1.64. The number of rotatable bonds is 5. The lowest BCUT2D eigenvalue weighted by atomic mass is 10.0. The first-order valence-corrected chi connectivity index (χ1v) is 7.07. The summed E-state index contributed by atoms with van der Waals surface area (Å²) in [4.78, 5) is 0. The Morgan fingerprint density at radius 1 is 1.29 bits per heavy atom. The Hall–Kier alpha value is -2.20. The first-order chi connectivity index (χ1) is 10.3. The monoisotopic (exact) mass is 285 g/mol. The highest BCUT2D eigenvalue weighted by atomic mass is 16.5. The Morgan fingerprint density at radius 2 is 2.19 bits per heavy atom. The van der Waals surface area contributed by atoms with Gasteiger partial charge in [0.05, 0.1) is 26.4 Å². The van der Waals surface area contributed by atoms with Crippen LogP contribution in [0.2, 0.25) is 0 Å². The van der Waals surface area contributed by atoms with Crippen molar-refractivity contribution in [2.45, 2.75) is 12.5 Å². The van der Waals surface area contributed by atoms with E-state index in [1.807, 2.05) is 36.4 Å². The maximum Gasteiger partial charge on any atom is 0.122 e. The van der Waals surface area contributed by atoms with Gasteiger partial charge in [-0.15, -0.1) is 0 Å². The zero-order valence-electron chi connectivity index (χ0n) is 12.0. The number of hydrogen-bond donors (Lipinski definition) is 2. The van der Waals surface area contributed by atoms with E-state index in [-0.39, 0.29) is 12.6 Å². The van der Waals surface area contributed by atoms with Crippen molar-refractivity contribution in [2.75, 3.05) is 25.6 Å². The molecular formula is C17H19NO3. The van der Waals surface area contributed by atoms with Crippen molar-refractivity contribution >= 4 is 5.69 Å². The number of aliphatic hydroxyl groups excluding tert-OH is 1. The van der Waals surface area contributed by atoms with Crippen molar-refractivity contribution in [3.63, 3.8) is 0 Å². The molecule has 1 aliphatic heterocycles. The normalized spacial score (nSPS) is 14.2.